The normalized spacial score (nSPS) is 11.9. The maximum Gasteiger partial charge on any atom is 0.251 e. The molecular weight excluding hydrogens is 195 g/mol. The minimum Gasteiger partial charge on any atom is -0.349 e. The standard InChI is InChI=1S/C11H13FN2O/c1-3-4-8(2)14-11(15)9-5-6-13-10(12)7-9/h3,5-8H,1,4H2,2H3,(H,14,15). The number of halogens is 1. The lowest BCUT2D eigenvalue weighted by Crippen LogP contribution is -2.32. The van der Waals surface area contributed by atoms with Crippen LogP contribution in [-0.2, 0) is 0 Å². The van der Waals surface area contributed by atoms with Gasteiger partial charge in [0.15, 0.2) is 0 Å². The Balaban J connectivity index is 2.65. The first-order chi connectivity index (χ1) is 7.13. The Morgan fingerprint density at radius 1 is 1.80 bits per heavy atom. The van der Waals surface area contributed by atoms with Crippen molar-refractivity contribution in [3.05, 3.63) is 42.5 Å². The van der Waals surface area contributed by atoms with Gasteiger partial charge in [-0.2, -0.15) is 4.39 Å². The summed E-state index contributed by atoms with van der Waals surface area (Å²) in [5, 5.41) is 2.72. The molecule has 4 heteroatoms. The van der Waals surface area contributed by atoms with Gasteiger partial charge in [0.05, 0.1) is 0 Å². The van der Waals surface area contributed by atoms with E-state index >= 15 is 0 Å². The summed E-state index contributed by atoms with van der Waals surface area (Å²) in [6, 6.07) is 2.57. The molecule has 0 aromatic carbocycles. The van der Waals surface area contributed by atoms with Crippen LogP contribution in [0.5, 0.6) is 0 Å². The number of aromatic nitrogens is 1. The number of rotatable bonds is 4. The van der Waals surface area contributed by atoms with Crippen LogP contribution in [0.4, 0.5) is 4.39 Å². The number of pyridine rings is 1. The number of nitrogens with one attached hydrogen (secondary N) is 1. The van der Waals surface area contributed by atoms with Gasteiger partial charge in [-0.25, -0.2) is 4.98 Å². The van der Waals surface area contributed by atoms with E-state index in [4.69, 9.17) is 0 Å². The molecule has 1 rings (SSSR count). The lowest BCUT2D eigenvalue weighted by atomic mass is 10.2. The minimum atomic E-state index is -0.654. The molecule has 0 aliphatic rings. The van der Waals surface area contributed by atoms with Crippen molar-refractivity contribution in [2.75, 3.05) is 0 Å². The molecular formula is C11H13FN2O. The summed E-state index contributed by atoms with van der Waals surface area (Å²) in [5.41, 5.74) is 0.276. The highest BCUT2D eigenvalue weighted by molar-refractivity contribution is 5.94. The number of carbonyl (C=O) groups is 1. The SMILES string of the molecule is C=CCC(C)NC(=O)c1ccnc(F)c1. The third-order valence-electron chi connectivity index (χ3n) is 1.89. The maximum atomic E-state index is 12.7. The molecule has 1 atom stereocenters. The van der Waals surface area contributed by atoms with Crippen LogP contribution in [0.15, 0.2) is 31.0 Å². The zero-order chi connectivity index (χ0) is 11.3. The lowest BCUT2D eigenvalue weighted by molar-refractivity contribution is 0.0940. The highest BCUT2D eigenvalue weighted by atomic mass is 19.1. The van der Waals surface area contributed by atoms with Crippen LogP contribution in [0.3, 0.4) is 0 Å². The van der Waals surface area contributed by atoms with Gasteiger partial charge in [-0.1, -0.05) is 6.08 Å². The van der Waals surface area contributed by atoms with E-state index in [0.717, 1.165) is 6.07 Å². The Hall–Kier alpha value is -1.71. The first-order valence-electron chi connectivity index (χ1n) is 4.67. The van der Waals surface area contributed by atoms with Crippen LogP contribution >= 0.6 is 0 Å². The monoisotopic (exact) mass is 208 g/mol. The smallest absolute Gasteiger partial charge is 0.251 e. The van der Waals surface area contributed by atoms with Gasteiger partial charge in [0.2, 0.25) is 5.95 Å². The predicted octanol–water partition coefficient (Wildman–Crippen LogP) is 1.92. The molecule has 1 N–H and O–H groups in total. The van der Waals surface area contributed by atoms with E-state index in [1.54, 1.807) is 6.08 Å². The zero-order valence-electron chi connectivity index (χ0n) is 8.53. The van der Waals surface area contributed by atoms with Gasteiger partial charge in [-0.15, -0.1) is 6.58 Å². The second-order valence-electron chi connectivity index (χ2n) is 3.27. The summed E-state index contributed by atoms with van der Waals surface area (Å²) in [6.07, 6.45) is 3.67. The molecule has 0 saturated heterocycles. The van der Waals surface area contributed by atoms with Crippen LogP contribution in [0.2, 0.25) is 0 Å². The number of nitrogens with zero attached hydrogens (tertiary/aromatic N) is 1. The first-order valence-corrected chi connectivity index (χ1v) is 4.67. The Morgan fingerprint density at radius 3 is 3.13 bits per heavy atom. The van der Waals surface area contributed by atoms with E-state index in [1.165, 1.54) is 12.3 Å². The van der Waals surface area contributed by atoms with Gasteiger partial charge in [-0.05, 0) is 19.4 Å². The molecule has 1 amide bonds. The van der Waals surface area contributed by atoms with Crippen LogP contribution in [-0.4, -0.2) is 16.9 Å². The quantitative estimate of drug-likeness (QED) is 0.606. The summed E-state index contributed by atoms with van der Waals surface area (Å²) in [7, 11) is 0. The Labute approximate surface area is 88.0 Å². The first kappa shape index (κ1) is 11.4. The number of amides is 1. The fourth-order valence-corrected chi connectivity index (χ4v) is 1.16. The van der Waals surface area contributed by atoms with Crippen molar-refractivity contribution in [2.24, 2.45) is 0 Å². The molecule has 1 aromatic heterocycles. The average molecular weight is 208 g/mol. The van der Waals surface area contributed by atoms with Crippen molar-refractivity contribution in [1.29, 1.82) is 0 Å². The Bertz CT molecular complexity index is 365. The van der Waals surface area contributed by atoms with Gasteiger partial charge in [0.1, 0.15) is 0 Å². The van der Waals surface area contributed by atoms with Gasteiger partial charge in [0, 0.05) is 23.9 Å². The molecule has 0 spiro atoms. The molecule has 1 aromatic rings. The third-order valence-corrected chi connectivity index (χ3v) is 1.89. The van der Waals surface area contributed by atoms with E-state index in [2.05, 4.69) is 16.9 Å². The van der Waals surface area contributed by atoms with E-state index in [1.807, 2.05) is 6.92 Å². The summed E-state index contributed by atoms with van der Waals surface area (Å²) in [4.78, 5) is 14.9. The van der Waals surface area contributed by atoms with E-state index < -0.39 is 5.95 Å². The highest BCUT2D eigenvalue weighted by Crippen LogP contribution is 2.01. The van der Waals surface area contributed by atoms with Crippen molar-refractivity contribution >= 4 is 5.91 Å². The fourth-order valence-electron chi connectivity index (χ4n) is 1.16. The maximum absolute atomic E-state index is 12.7. The summed E-state index contributed by atoms with van der Waals surface area (Å²) >= 11 is 0. The number of hydrogen-bond donors (Lipinski definition) is 1. The molecule has 0 aliphatic heterocycles. The van der Waals surface area contributed by atoms with Crippen molar-refractivity contribution in [2.45, 2.75) is 19.4 Å². The van der Waals surface area contributed by atoms with Gasteiger partial charge >= 0.3 is 0 Å². The van der Waals surface area contributed by atoms with Crippen LogP contribution < -0.4 is 5.32 Å². The van der Waals surface area contributed by atoms with Gasteiger partial charge in [0.25, 0.3) is 5.91 Å². The topological polar surface area (TPSA) is 42.0 Å². The second kappa shape index (κ2) is 5.24. The highest BCUT2D eigenvalue weighted by Gasteiger charge is 2.09. The molecule has 80 valence electrons. The summed E-state index contributed by atoms with van der Waals surface area (Å²) < 4.78 is 12.7. The molecule has 0 bridgehead atoms. The molecule has 1 heterocycles. The molecule has 15 heavy (non-hydrogen) atoms. The van der Waals surface area contributed by atoms with E-state index in [9.17, 15) is 9.18 Å². The molecule has 3 nitrogen and oxygen atoms in total. The lowest BCUT2D eigenvalue weighted by Gasteiger charge is -2.11. The molecule has 1 unspecified atom stereocenters. The molecule has 0 aliphatic carbocycles. The largest absolute Gasteiger partial charge is 0.349 e. The van der Waals surface area contributed by atoms with Crippen LogP contribution in [0.1, 0.15) is 23.7 Å². The van der Waals surface area contributed by atoms with E-state index in [0.29, 0.717) is 6.42 Å². The van der Waals surface area contributed by atoms with Crippen molar-refractivity contribution < 1.29 is 9.18 Å². The van der Waals surface area contributed by atoms with Crippen molar-refractivity contribution in [1.82, 2.24) is 10.3 Å². The van der Waals surface area contributed by atoms with E-state index in [-0.39, 0.29) is 17.5 Å². The van der Waals surface area contributed by atoms with Gasteiger partial charge in [-0.3, -0.25) is 4.79 Å². The molecule has 0 fully saturated rings. The van der Waals surface area contributed by atoms with Crippen LogP contribution in [0.25, 0.3) is 0 Å². The average Bonchev–Trinajstić information content (AvgIpc) is 2.18. The summed E-state index contributed by atoms with van der Waals surface area (Å²) in [5.74, 6) is -0.954. The Morgan fingerprint density at radius 2 is 2.53 bits per heavy atom. The summed E-state index contributed by atoms with van der Waals surface area (Å²) in [6.45, 7) is 5.43. The third kappa shape index (κ3) is 3.50. The Kier molecular flexibility index (Phi) is 3.97. The van der Waals surface area contributed by atoms with Crippen molar-refractivity contribution in [3.8, 4) is 0 Å². The number of carbonyl (C=O) groups excluding carboxylic acids is 1. The number of hydrogen-bond acceptors (Lipinski definition) is 2. The fraction of sp³-hybridized carbons (Fsp3) is 0.273. The predicted molar refractivity (Wildman–Crippen MR) is 55.9 cm³/mol. The molecule has 0 radical (unpaired) electrons. The molecule has 0 saturated carbocycles. The van der Waals surface area contributed by atoms with Gasteiger partial charge < -0.3 is 5.32 Å². The minimum absolute atomic E-state index is 0.00812. The van der Waals surface area contributed by atoms with Crippen LogP contribution in [0, 0.1) is 5.95 Å². The second-order valence-corrected chi connectivity index (χ2v) is 3.27. The zero-order valence-corrected chi connectivity index (χ0v) is 8.53. The van der Waals surface area contributed by atoms with Crippen molar-refractivity contribution in [3.63, 3.8) is 0 Å².